The van der Waals surface area contributed by atoms with Crippen LogP contribution in [0.1, 0.15) is 13.8 Å². The van der Waals surface area contributed by atoms with Crippen molar-refractivity contribution in [3.63, 3.8) is 0 Å². The number of ether oxygens (including phenoxy) is 2. The average Bonchev–Trinajstić information content (AvgIpc) is 2.18. The van der Waals surface area contributed by atoms with E-state index in [2.05, 4.69) is 33.2 Å². The van der Waals surface area contributed by atoms with Crippen LogP contribution in [0.4, 0.5) is 0 Å². The van der Waals surface area contributed by atoms with Crippen LogP contribution in [-0.2, 0) is 19.1 Å². The Hall–Kier alpha value is -1.94. The van der Waals surface area contributed by atoms with Gasteiger partial charge in [-0.3, -0.25) is 0 Å². The largest absolute Gasteiger partial charge is 0.444 e. The fraction of sp³-hybridized carbons (Fsp3) is 0.400. The zero-order chi connectivity index (χ0) is 10.8. The summed E-state index contributed by atoms with van der Waals surface area (Å²) < 4.78 is 8.88. The monoisotopic (exact) mass is 194 g/mol. The standard InChI is InChI=1S/C10H10O4/c1-3-5-7-13-9(11)10(12)14-8-6-4-2/h7-8H2,1-2H3. The second kappa shape index (κ2) is 7.70. The number of hydrogen-bond donors (Lipinski definition) is 0. The van der Waals surface area contributed by atoms with Crippen molar-refractivity contribution in [3.8, 4) is 23.7 Å². The van der Waals surface area contributed by atoms with Gasteiger partial charge in [-0.2, -0.15) is 0 Å². The molecule has 0 amide bonds. The molecule has 0 aliphatic rings. The Kier molecular flexibility index (Phi) is 6.63. The molecule has 0 bridgehead atoms. The molecule has 0 spiro atoms. The van der Waals surface area contributed by atoms with E-state index in [-0.39, 0.29) is 13.2 Å². The van der Waals surface area contributed by atoms with Gasteiger partial charge in [-0.05, 0) is 13.8 Å². The normalized spacial score (nSPS) is 7.29. The van der Waals surface area contributed by atoms with Gasteiger partial charge in [0.25, 0.3) is 0 Å². The molecule has 0 aromatic heterocycles. The highest BCUT2D eigenvalue weighted by Crippen LogP contribution is 1.83. The van der Waals surface area contributed by atoms with Crippen molar-refractivity contribution in [2.45, 2.75) is 13.8 Å². The molecule has 0 aromatic carbocycles. The third-order valence-electron chi connectivity index (χ3n) is 1.07. The Morgan fingerprint density at radius 3 is 1.57 bits per heavy atom. The van der Waals surface area contributed by atoms with Gasteiger partial charge in [-0.25, -0.2) is 9.59 Å². The lowest BCUT2D eigenvalue weighted by Crippen LogP contribution is -2.20. The van der Waals surface area contributed by atoms with Gasteiger partial charge < -0.3 is 9.47 Å². The Morgan fingerprint density at radius 2 is 1.29 bits per heavy atom. The molecule has 0 heterocycles. The zero-order valence-corrected chi connectivity index (χ0v) is 8.05. The Labute approximate surface area is 82.6 Å². The van der Waals surface area contributed by atoms with Crippen molar-refractivity contribution in [2.75, 3.05) is 13.2 Å². The van der Waals surface area contributed by atoms with Crippen molar-refractivity contribution < 1.29 is 19.1 Å². The average molecular weight is 194 g/mol. The molecule has 0 unspecified atom stereocenters. The lowest BCUT2D eigenvalue weighted by atomic mass is 10.6. The van der Waals surface area contributed by atoms with Crippen LogP contribution in [0.5, 0.6) is 0 Å². The third-order valence-corrected chi connectivity index (χ3v) is 1.07. The minimum absolute atomic E-state index is 0.107. The highest BCUT2D eigenvalue weighted by atomic mass is 16.6. The lowest BCUT2D eigenvalue weighted by molar-refractivity contribution is -0.165. The molecule has 4 heteroatoms. The summed E-state index contributed by atoms with van der Waals surface area (Å²) in [6.07, 6.45) is 0. The molecule has 14 heavy (non-hydrogen) atoms. The van der Waals surface area contributed by atoms with E-state index < -0.39 is 11.9 Å². The van der Waals surface area contributed by atoms with Crippen LogP contribution in [0.15, 0.2) is 0 Å². The Bertz CT molecular complexity index is 288. The van der Waals surface area contributed by atoms with Gasteiger partial charge in [0, 0.05) is 0 Å². The lowest BCUT2D eigenvalue weighted by Gasteiger charge is -1.99. The zero-order valence-electron chi connectivity index (χ0n) is 8.05. The first kappa shape index (κ1) is 12.1. The van der Waals surface area contributed by atoms with E-state index in [4.69, 9.17) is 0 Å². The second-order valence-corrected chi connectivity index (χ2v) is 2.01. The number of carbonyl (C=O) groups excluding carboxylic acids is 2. The first-order valence-corrected chi connectivity index (χ1v) is 3.85. The summed E-state index contributed by atoms with van der Waals surface area (Å²) in [6.45, 7) is 2.99. The van der Waals surface area contributed by atoms with E-state index in [9.17, 15) is 9.59 Å². The predicted molar refractivity (Wildman–Crippen MR) is 48.8 cm³/mol. The van der Waals surface area contributed by atoms with Crippen molar-refractivity contribution in [3.05, 3.63) is 0 Å². The highest BCUT2D eigenvalue weighted by Gasteiger charge is 2.15. The van der Waals surface area contributed by atoms with Crippen LogP contribution in [0, 0.1) is 23.7 Å². The molecular formula is C10H10O4. The quantitative estimate of drug-likeness (QED) is 0.356. The van der Waals surface area contributed by atoms with Crippen molar-refractivity contribution >= 4 is 11.9 Å². The number of esters is 2. The predicted octanol–water partition coefficient (Wildman–Crippen LogP) is 0.119. The molecule has 0 fully saturated rings. The molecule has 0 saturated carbocycles. The summed E-state index contributed by atoms with van der Waals surface area (Å²) in [5, 5.41) is 0. The number of carbonyl (C=O) groups is 2. The van der Waals surface area contributed by atoms with E-state index in [1.165, 1.54) is 0 Å². The maximum Gasteiger partial charge on any atom is 0.418 e. The van der Waals surface area contributed by atoms with E-state index >= 15 is 0 Å². The molecule has 0 N–H and O–H groups in total. The molecule has 74 valence electrons. The molecule has 0 aromatic rings. The van der Waals surface area contributed by atoms with Gasteiger partial charge in [0.1, 0.15) is 0 Å². The number of rotatable bonds is 2. The Balaban J connectivity index is 3.78. The summed E-state index contributed by atoms with van der Waals surface area (Å²) in [4.78, 5) is 21.6. The summed E-state index contributed by atoms with van der Waals surface area (Å²) in [7, 11) is 0. The summed E-state index contributed by atoms with van der Waals surface area (Å²) in [5.74, 6) is 7.87. The first-order chi connectivity index (χ1) is 6.72. The maximum atomic E-state index is 10.8. The third kappa shape index (κ3) is 5.68. The molecule has 0 saturated heterocycles. The first-order valence-electron chi connectivity index (χ1n) is 3.85. The van der Waals surface area contributed by atoms with Crippen molar-refractivity contribution in [1.82, 2.24) is 0 Å². The minimum atomic E-state index is -1.05. The summed E-state index contributed by atoms with van der Waals surface area (Å²) in [5.41, 5.74) is 0. The van der Waals surface area contributed by atoms with Crippen LogP contribution < -0.4 is 0 Å². The van der Waals surface area contributed by atoms with Gasteiger partial charge in [0.15, 0.2) is 13.2 Å². The van der Waals surface area contributed by atoms with Crippen molar-refractivity contribution in [2.24, 2.45) is 0 Å². The van der Waals surface area contributed by atoms with Gasteiger partial charge in [-0.15, -0.1) is 11.8 Å². The fourth-order valence-electron chi connectivity index (χ4n) is 0.465. The summed E-state index contributed by atoms with van der Waals surface area (Å²) >= 11 is 0. The molecule has 0 aliphatic carbocycles. The molecule has 0 atom stereocenters. The minimum Gasteiger partial charge on any atom is -0.444 e. The fourth-order valence-corrected chi connectivity index (χ4v) is 0.465. The van der Waals surface area contributed by atoms with Crippen LogP contribution in [0.3, 0.4) is 0 Å². The SMILES string of the molecule is CC#CCOC(=O)C(=O)OCC#CC. The molecule has 0 aliphatic heterocycles. The van der Waals surface area contributed by atoms with Gasteiger partial charge >= 0.3 is 11.9 Å². The summed E-state index contributed by atoms with van der Waals surface area (Å²) in [6, 6.07) is 0. The topological polar surface area (TPSA) is 52.6 Å². The van der Waals surface area contributed by atoms with Crippen LogP contribution in [0.25, 0.3) is 0 Å². The van der Waals surface area contributed by atoms with Crippen LogP contribution in [0.2, 0.25) is 0 Å². The van der Waals surface area contributed by atoms with Crippen LogP contribution >= 0.6 is 0 Å². The molecule has 0 radical (unpaired) electrons. The molecule has 0 rings (SSSR count). The van der Waals surface area contributed by atoms with Crippen LogP contribution in [-0.4, -0.2) is 25.2 Å². The smallest absolute Gasteiger partial charge is 0.418 e. The van der Waals surface area contributed by atoms with Gasteiger partial charge in [0.05, 0.1) is 0 Å². The Morgan fingerprint density at radius 1 is 0.929 bits per heavy atom. The second-order valence-electron chi connectivity index (χ2n) is 2.01. The van der Waals surface area contributed by atoms with E-state index in [0.29, 0.717) is 0 Å². The van der Waals surface area contributed by atoms with E-state index in [1.807, 2.05) is 0 Å². The van der Waals surface area contributed by atoms with E-state index in [1.54, 1.807) is 13.8 Å². The number of hydrogen-bond acceptors (Lipinski definition) is 4. The molecule has 4 nitrogen and oxygen atoms in total. The van der Waals surface area contributed by atoms with Gasteiger partial charge in [-0.1, -0.05) is 11.8 Å². The van der Waals surface area contributed by atoms with Gasteiger partial charge in [0.2, 0.25) is 0 Å². The van der Waals surface area contributed by atoms with Crippen molar-refractivity contribution in [1.29, 1.82) is 0 Å². The van der Waals surface area contributed by atoms with E-state index in [0.717, 1.165) is 0 Å². The highest BCUT2D eigenvalue weighted by molar-refractivity contribution is 6.29. The molecular weight excluding hydrogens is 184 g/mol. The maximum absolute atomic E-state index is 10.8.